The molecular formula is C15H24N2O3. The Kier molecular flexibility index (Phi) is 6.48. The smallest absolute Gasteiger partial charge is 0.234 e. The van der Waals surface area contributed by atoms with E-state index < -0.39 is 18.1 Å². The maximum Gasteiger partial charge on any atom is 0.234 e. The molecule has 0 saturated heterocycles. The average molecular weight is 280 g/mol. The van der Waals surface area contributed by atoms with Gasteiger partial charge in [-0.2, -0.15) is 0 Å². The third-order valence-corrected chi connectivity index (χ3v) is 3.07. The Hall–Kier alpha value is -1.59. The largest absolute Gasteiger partial charge is 0.491 e. The molecule has 1 rings (SSSR count). The number of para-hydroxylation sites is 1. The standard InChI is InChI=1S/C15H24N2O3/c1-10(2)14(15(16)19)17-8-12(18)9-20-13-7-5-4-6-11(13)3/h4-7,10,12,14,17-18H,8-9H2,1-3H3,(H2,16,19). The summed E-state index contributed by atoms with van der Waals surface area (Å²) in [4.78, 5) is 11.2. The van der Waals surface area contributed by atoms with Crippen molar-refractivity contribution in [1.29, 1.82) is 0 Å². The topological polar surface area (TPSA) is 84.6 Å². The van der Waals surface area contributed by atoms with Crippen LogP contribution in [0, 0.1) is 12.8 Å². The molecule has 0 aliphatic rings. The maximum absolute atomic E-state index is 11.2. The first-order valence-corrected chi connectivity index (χ1v) is 6.81. The Morgan fingerprint density at radius 3 is 2.60 bits per heavy atom. The molecule has 0 saturated carbocycles. The zero-order chi connectivity index (χ0) is 15.1. The Balaban J connectivity index is 2.39. The van der Waals surface area contributed by atoms with Crippen molar-refractivity contribution in [1.82, 2.24) is 5.32 Å². The number of rotatable bonds is 8. The molecule has 112 valence electrons. The lowest BCUT2D eigenvalue weighted by Crippen LogP contribution is -2.48. The fourth-order valence-corrected chi connectivity index (χ4v) is 1.89. The molecule has 0 heterocycles. The summed E-state index contributed by atoms with van der Waals surface area (Å²) in [5.41, 5.74) is 6.31. The minimum atomic E-state index is -0.699. The van der Waals surface area contributed by atoms with E-state index in [1.807, 2.05) is 45.0 Å². The van der Waals surface area contributed by atoms with Crippen molar-refractivity contribution in [2.45, 2.75) is 32.9 Å². The number of carbonyl (C=O) groups excluding carboxylic acids is 1. The summed E-state index contributed by atoms with van der Waals surface area (Å²) in [6, 6.07) is 7.18. The molecule has 4 N–H and O–H groups in total. The highest BCUT2D eigenvalue weighted by Gasteiger charge is 2.20. The van der Waals surface area contributed by atoms with E-state index in [0.717, 1.165) is 11.3 Å². The minimum Gasteiger partial charge on any atom is -0.491 e. The number of aliphatic hydroxyl groups excluding tert-OH is 1. The number of nitrogens with one attached hydrogen (secondary N) is 1. The summed E-state index contributed by atoms with van der Waals surface area (Å²) in [7, 11) is 0. The van der Waals surface area contributed by atoms with E-state index in [-0.39, 0.29) is 19.1 Å². The number of hydrogen-bond acceptors (Lipinski definition) is 4. The Morgan fingerprint density at radius 2 is 2.05 bits per heavy atom. The molecule has 2 unspecified atom stereocenters. The van der Waals surface area contributed by atoms with Gasteiger partial charge in [-0.3, -0.25) is 4.79 Å². The predicted molar refractivity (Wildman–Crippen MR) is 78.5 cm³/mol. The molecule has 0 aliphatic carbocycles. The number of hydrogen-bond donors (Lipinski definition) is 3. The fraction of sp³-hybridized carbons (Fsp3) is 0.533. The summed E-state index contributed by atoms with van der Waals surface area (Å²) >= 11 is 0. The van der Waals surface area contributed by atoms with Crippen LogP contribution in [0.1, 0.15) is 19.4 Å². The van der Waals surface area contributed by atoms with Crippen LogP contribution in [0.2, 0.25) is 0 Å². The van der Waals surface area contributed by atoms with Crippen LogP contribution in [0.25, 0.3) is 0 Å². The van der Waals surface area contributed by atoms with Gasteiger partial charge in [-0.1, -0.05) is 32.0 Å². The lowest BCUT2D eigenvalue weighted by Gasteiger charge is -2.21. The monoisotopic (exact) mass is 280 g/mol. The lowest BCUT2D eigenvalue weighted by molar-refractivity contribution is -0.121. The fourth-order valence-electron chi connectivity index (χ4n) is 1.89. The van der Waals surface area contributed by atoms with Crippen molar-refractivity contribution in [2.75, 3.05) is 13.2 Å². The highest BCUT2D eigenvalue weighted by atomic mass is 16.5. The normalized spacial score (nSPS) is 14.1. The van der Waals surface area contributed by atoms with Crippen LogP contribution in [0.4, 0.5) is 0 Å². The third-order valence-electron chi connectivity index (χ3n) is 3.07. The molecule has 0 aromatic heterocycles. The minimum absolute atomic E-state index is 0.0805. The number of ether oxygens (including phenoxy) is 1. The van der Waals surface area contributed by atoms with E-state index in [2.05, 4.69) is 5.32 Å². The van der Waals surface area contributed by atoms with Gasteiger partial charge in [0.05, 0.1) is 6.04 Å². The van der Waals surface area contributed by atoms with E-state index in [9.17, 15) is 9.90 Å². The molecule has 0 bridgehead atoms. The quantitative estimate of drug-likeness (QED) is 0.658. The zero-order valence-electron chi connectivity index (χ0n) is 12.3. The van der Waals surface area contributed by atoms with Crippen LogP contribution in [0.3, 0.4) is 0 Å². The van der Waals surface area contributed by atoms with Crippen molar-refractivity contribution < 1.29 is 14.6 Å². The predicted octanol–water partition coefficient (Wildman–Crippen LogP) is 0.834. The number of aliphatic hydroxyl groups is 1. The van der Waals surface area contributed by atoms with E-state index in [4.69, 9.17) is 10.5 Å². The second-order valence-electron chi connectivity index (χ2n) is 5.26. The van der Waals surface area contributed by atoms with Crippen LogP contribution in [-0.2, 0) is 4.79 Å². The first-order valence-electron chi connectivity index (χ1n) is 6.81. The van der Waals surface area contributed by atoms with Gasteiger partial charge in [0.2, 0.25) is 5.91 Å². The summed E-state index contributed by atoms with van der Waals surface area (Å²) in [5, 5.41) is 12.8. The van der Waals surface area contributed by atoms with Crippen LogP contribution in [0.5, 0.6) is 5.75 Å². The molecule has 0 aliphatic heterocycles. The Morgan fingerprint density at radius 1 is 1.40 bits per heavy atom. The molecule has 0 spiro atoms. The second kappa shape index (κ2) is 7.87. The number of primary amides is 1. The van der Waals surface area contributed by atoms with Crippen LogP contribution >= 0.6 is 0 Å². The van der Waals surface area contributed by atoms with Crippen LogP contribution in [-0.4, -0.2) is 36.3 Å². The van der Waals surface area contributed by atoms with Crippen molar-refractivity contribution in [3.8, 4) is 5.75 Å². The molecule has 1 aromatic carbocycles. The van der Waals surface area contributed by atoms with E-state index in [1.165, 1.54) is 0 Å². The van der Waals surface area contributed by atoms with Crippen molar-refractivity contribution in [2.24, 2.45) is 11.7 Å². The molecule has 5 nitrogen and oxygen atoms in total. The van der Waals surface area contributed by atoms with Gasteiger partial charge >= 0.3 is 0 Å². The van der Waals surface area contributed by atoms with Gasteiger partial charge in [0.1, 0.15) is 18.5 Å². The molecule has 5 heteroatoms. The van der Waals surface area contributed by atoms with Gasteiger partial charge in [-0.05, 0) is 24.5 Å². The molecular weight excluding hydrogens is 256 g/mol. The van der Waals surface area contributed by atoms with E-state index >= 15 is 0 Å². The van der Waals surface area contributed by atoms with Crippen LogP contribution in [0.15, 0.2) is 24.3 Å². The zero-order valence-corrected chi connectivity index (χ0v) is 12.3. The maximum atomic E-state index is 11.2. The summed E-state index contributed by atoms with van der Waals surface area (Å²) in [6.45, 7) is 6.18. The molecule has 0 radical (unpaired) electrons. The molecule has 1 aromatic rings. The van der Waals surface area contributed by atoms with Crippen molar-refractivity contribution in [3.63, 3.8) is 0 Å². The Bertz CT molecular complexity index is 435. The van der Waals surface area contributed by atoms with Crippen LogP contribution < -0.4 is 15.8 Å². The highest BCUT2D eigenvalue weighted by Crippen LogP contribution is 2.16. The van der Waals surface area contributed by atoms with Gasteiger partial charge in [-0.15, -0.1) is 0 Å². The highest BCUT2D eigenvalue weighted by molar-refractivity contribution is 5.80. The van der Waals surface area contributed by atoms with E-state index in [0.29, 0.717) is 0 Å². The van der Waals surface area contributed by atoms with Gasteiger partial charge in [-0.25, -0.2) is 0 Å². The number of carbonyl (C=O) groups is 1. The average Bonchev–Trinajstić information content (AvgIpc) is 2.37. The van der Waals surface area contributed by atoms with Crippen molar-refractivity contribution in [3.05, 3.63) is 29.8 Å². The SMILES string of the molecule is Cc1ccccc1OCC(O)CNC(C(N)=O)C(C)C. The number of benzene rings is 1. The summed E-state index contributed by atoms with van der Waals surface area (Å²) < 4.78 is 5.55. The first-order chi connectivity index (χ1) is 9.41. The third kappa shape index (κ3) is 5.19. The van der Waals surface area contributed by atoms with Gasteiger partial charge in [0.15, 0.2) is 0 Å². The molecule has 20 heavy (non-hydrogen) atoms. The van der Waals surface area contributed by atoms with Gasteiger partial charge in [0, 0.05) is 6.54 Å². The van der Waals surface area contributed by atoms with Crippen molar-refractivity contribution >= 4 is 5.91 Å². The van der Waals surface area contributed by atoms with Gasteiger partial charge in [0.25, 0.3) is 0 Å². The lowest BCUT2D eigenvalue weighted by atomic mass is 10.0. The summed E-state index contributed by atoms with van der Waals surface area (Å²) in [6.07, 6.45) is -0.699. The van der Waals surface area contributed by atoms with E-state index in [1.54, 1.807) is 0 Å². The number of amides is 1. The molecule has 0 fully saturated rings. The van der Waals surface area contributed by atoms with Gasteiger partial charge < -0.3 is 20.9 Å². The molecule has 1 amide bonds. The molecule has 2 atom stereocenters. The first kappa shape index (κ1) is 16.5. The second-order valence-corrected chi connectivity index (χ2v) is 5.26. The number of aryl methyl sites for hydroxylation is 1. The number of nitrogens with two attached hydrogens (primary N) is 1. The Labute approximate surface area is 120 Å². The summed E-state index contributed by atoms with van der Waals surface area (Å²) in [5.74, 6) is 0.422.